The van der Waals surface area contributed by atoms with E-state index in [2.05, 4.69) is 10.1 Å². The van der Waals surface area contributed by atoms with Gasteiger partial charge >= 0.3 is 18.3 Å². The molecule has 1 rings (SSSR count). The maximum Gasteiger partial charge on any atom is 0.490 e. The van der Waals surface area contributed by atoms with Crippen LogP contribution in [0, 0.1) is 0 Å². The number of carbonyl (C=O) groups is 1. The topological polar surface area (TPSA) is 58.6 Å². The summed E-state index contributed by atoms with van der Waals surface area (Å²) in [5.74, 6) is -2.76. The molecule has 2 N–H and O–H groups in total. The predicted octanol–water partition coefficient (Wildman–Crippen LogP) is 1.56. The maximum atomic E-state index is 11.8. The van der Waals surface area contributed by atoms with Gasteiger partial charge in [0.25, 0.3) is 0 Å². The second kappa shape index (κ2) is 6.23. The lowest BCUT2D eigenvalue weighted by molar-refractivity contribution is -0.230. The highest BCUT2D eigenvalue weighted by Crippen LogP contribution is 2.23. The zero-order chi connectivity index (χ0) is 14.6. The molecule has 1 aliphatic heterocycles. The number of hydrogen-bond donors (Lipinski definition) is 2. The number of carboxylic acids is 1. The van der Waals surface area contributed by atoms with Crippen molar-refractivity contribution >= 4 is 5.97 Å². The number of ether oxygens (including phenoxy) is 1. The first-order valence-corrected chi connectivity index (χ1v) is 4.67. The van der Waals surface area contributed by atoms with E-state index < -0.39 is 24.4 Å². The molecular weight excluding hydrogens is 272 g/mol. The van der Waals surface area contributed by atoms with Gasteiger partial charge in [-0.2, -0.15) is 26.3 Å². The second-order valence-corrected chi connectivity index (χ2v) is 3.40. The number of carboxylic acid groups (broad SMARTS) is 1. The molecule has 1 aliphatic rings. The van der Waals surface area contributed by atoms with Crippen LogP contribution in [-0.4, -0.2) is 48.7 Å². The predicted molar refractivity (Wildman–Crippen MR) is 47.0 cm³/mol. The Labute approximate surface area is 97.9 Å². The molecule has 0 bridgehead atoms. The molecule has 0 amide bonds. The van der Waals surface area contributed by atoms with Crippen LogP contribution in [-0.2, 0) is 9.53 Å². The van der Waals surface area contributed by atoms with E-state index in [1.807, 2.05) is 0 Å². The maximum absolute atomic E-state index is 11.8. The van der Waals surface area contributed by atoms with Crippen LogP contribution in [0.5, 0.6) is 0 Å². The van der Waals surface area contributed by atoms with Crippen LogP contribution in [0.2, 0.25) is 0 Å². The van der Waals surface area contributed by atoms with Crippen molar-refractivity contribution in [2.75, 3.05) is 13.1 Å². The summed E-state index contributed by atoms with van der Waals surface area (Å²) in [5.41, 5.74) is 0. The summed E-state index contributed by atoms with van der Waals surface area (Å²) in [6, 6.07) is 0. The van der Waals surface area contributed by atoms with Gasteiger partial charge in [-0.3, -0.25) is 0 Å². The number of halogens is 6. The quantitative estimate of drug-likeness (QED) is 0.755. The lowest BCUT2D eigenvalue weighted by Crippen LogP contribution is -2.51. The standard InChI is InChI=1S/C6H10F3NO.C2HF3O2/c1-4(6(7,8)9)11-5-2-10-3-5;3-2(4,5)1(6)7/h4-5,10H,2-3H2,1H3;(H,6,7). The van der Waals surface area contributed by atoms with E-state index in [4.69, 9.17) is 9.90 Å². The normalized spacial score (nSPS) is 18.4. The van der Waals surface area contributed by atoms with Crippen molar-refractivity contribution in [3.63, 3.8) is 0 Å². The van der Waals surface area contributed by atoms with Crippen LogP contribution >= 0.6 is 0 Å². The van der Waals surface area contributed by atoms with E-state index in [1.165, 1.54) is 0 Å². The van der Waals surface area contributed by atoms with Crippen molar-refractivity contribution in [3.8, 4) is 0 Å². The van der Waals surface area contributed by atoms with Gasteiger partial charge in [-0.1, -0.05) is 0 Å². The fraction of sp³-hybridized carbons (Fsp3) is 0.875. The summed E-state index contributed by atoms with van der Waals surface area (Å²) in [5, 5.41) is 9.95. The molecule has 0 aromatic carbocycles. The van der Waals surface area contributed by atoms with Crippen LogP contribution in [0.1, 0.15) is 6.92 Å². The van der Waals surface area contributed by atoms with E-state index in [0.29, 0.717) is 13.1 Å². The van der Waals surface area contributed by atoms with Crippen molar-refractivity contribution in [1.29, 1.82) is 0 Å². The molecule has 0 radical (unpaired) electrons. The Hall–Kier alpha value is -1.03. The second-order valence-electron chi connectivity index (χ2n) is 3.40. The number of hydrogen-bond acceptors (Lipinski definition) is 3. The Morgan fingerprint density at radius 3 is 1.83 bits per heavy atom. The van der Waals surface area contributed by atoms with Crippen LogP contribution < -0.4 is 5.32 Å². The summed E-state index contributed by atoms with van der Waals surface area (Å²) in [7, 11) is 0. The zero-order valence-electron chi connectivity index (χ0n) is 9.10. The van der Waals surface area contributed by atoms with E-state index in [9.17, 15) is 26.3 Å². The van der Waals surface area contributed by atoms with Crippen molar-refractivity contribution in [3.05, 3.63) is 0 Å². The Morgan fingerprint density at radius 1 is 1.28 bits per heavy atom. The molecular formula is C8H11F6NO3. The molecule has 4 nitrogen and oxygen atoms in total. The highest BCUT2D eigenvalue weighted by molar-refractivity contribution is 5.73. The van der Waals surface area contributed by atoms with E-state index in [0.717, 1.165) is 6.92 Å². The molecule has 1 fully saturated rings. The van der Waals surface area contributed by atoms with E-state index in [-0.39, 0.29) is 6.10 Å². The third-order valence-corrected chi connectivity index (χ3v) is 1.84. The first-order valence-electron chi connectivity index (χ1n) is 4.67. The molecule has 1 heterocycles. The largest absolute Gasteiger partial charge is 0.490 e. The van der Waals surface area contributed by atoms with Gasteiger partial charge in [-0.15, -0.1) is 0 Å². The molecule has 0 spiro atoms. The summed E-state index contributed by atoms with van der Waals surface area (Å²) in [6.45, 7) is 2.08. The van der Waals surface area contributed by atoms with Gasteiger partial charge in [-0.25, -0.2) is 4.79 Å². The zero-order valence-corrected chi connectivity index (χ0v) is 9.10. The van der Waals surface area contributed by atoms with E-state index >= 15 is 0 Å². The van der Waals surface area contributed by atoms with Gasteiger partial charge in [-0.05, 0) is 6.92 Å². The van der Waals surface area contributed by atoms with Gasteiger partial charge in [0.2, 0.25) is 0 Å². The summed E-state index contributed by atoms with van der Waals surface area (Å²) in [6.07, 6.45) is -11.2. The fourth-order valence-electron chi connectivity index (χ4n) is 0.724. The van der Waals surface area contributed by atoms with Crippen LogP contribution in [0.3, 0.4) is 0 Å². The van der Waals surface area contributed by atoms with Crippen molar-refractivity contribution in [1.82, 2.24) is 5.32 Å². The van der Waals surface area contributed by atoms with Crippen molar-refractivity contribution in [2.45, 2.75) is 31.5 Å². The number of aliphatic carboxylic acids is 1. The Balaban J connectivity index is 0.000000360. The highest BCUT2D eigenvalue weighted by atomic mass is 19.4. The minimum atomic E-state index is -5.08. The molecule has 1 unspecified atom stereocenters. The molecule has 108 valence electrons. The first kappa shape index (κ1) is 17.0. The molecule has 0 saturated carbocycles. The minimum Gasteiger partial charge on any atom is -0.475 e. The molecule has 1 saturated heterocycles. The van der Waals surface area contributed by atoms with Gasteiger partial charge in [0.15, 0.2) is 6.10 Å². The van der Waals surface area contributed by atoms with Crippen molar-refractivity contribution in [2.24, 2.45) is 0 Å². The molecule has 18 heavy (non-hydrogen) atoms. The molecule has 0 aromatic rings. The third kappa shape index (κ3) is 6.64. The molecule has 1 atom stereocenters. The lowest BCUT2D eigenvalue weighted by Gasteiger charge is -2.30. The van der Waals surface area contributed by atoms with Crippen LogP contribution in [0.25, 0.3) is 0 Å². The number of alkyl halides is 6. The molecule has 10 heteroatoms. The average molecular weight is 283 g/mol. The Kier molecular flexibility index (Phi) is 5.87. The SMILES string of the molecule is CC(OC1CNC1)C(F)(F)F.O=C(O)C(F)(F)F. The smallest absolute Gasteiger partial charge is 0.475 e. The van der Waals surface area contributed by atoms with Crippen molar-refractivity contribution < 1.29 is 41.0 Å². The lowest BCUT2D eigenvalue weighted by atomic mass is 10.2. The van der Waals surface area contributed by atoms with E-state index in [1.54, 1.807) is 0 Å². The van der Waals surface area contributed by atoms with Crippen LogP contribution in [0.4, 0.5) is 26.3 Å². The highest BCUT2D eigenvalue weighted by Gasteiger charge is 2.39. The number of nitrogens with one attached hydrogen (secondary N) is 1. The van der Waals surface area contributed by atoms with Gasteiger partial charge < -0.3 is 15.2 Å². The molecule has 0 aromatic heterocycles. The number of rotatable bonds is 2. The third-order valence-electron chi connectivity index (χ3n) is 1.84. The first-order chi connectivity index (χ1) is 7.94. The Morgan fingerprint density at radius 2 is 1.67 bits per heavy atom. The van der Waals surface area contributed by atoms with Gasteiger partial charge in [0, 0.05) is 13.1 Å². The monoisotopic (exact) mass is 283 g/mol. The summed E-state index contributed by atoms with van der Waals surface area (Å²) in [4.78, 5) is 8.90. The van der Waals surface area contributed by atoms with Crippen LogP contribution in [0.15, 0.2) is 0 Å². The Bertz CT molecular complexity index is 273. The summed E-state index contributed by atoms with van der Waals surface area (Å²) >= 11 is 0. The fourth-order valence-corrected chi connectivity index (χ4v) is 0.724. The molecule has 0 aliphatic carbocycles. The van der Waals surface area contributed by atoms with Gasteiger partial charge in [0.05, 0.1) is 6.10 Å². The minimum absolute atomic E-state index is 0.258. The van der Waals surface area contributed by atoms with Gasteiger partial charge in [0.1, 0.15) is 0 Å². The summed E-state index contributed by atoms with van der Waals surface area (Å²) < 4.78 is 71.9. The average Bonchev–Trinajstić information content (AvgIpc) is 2.08.